The average molecular weight is 318 g/mol. The molecule has 0 aromatic carbocycles. The minimum atomic E-state index is 0. The van der Waals surface area contributed by atoms with Crippen LogP contribution in [-0.2, 0) is 6.42 Å². The molecule has 6 heteroatoms. The second-order valence-electron chi connectivity index (χ2n) is 5.35. The van der Waals surface area contributed by atoms with Gasteiger partial charge in [0.2, 0.25) is 0 Å². The summed E-state index contributed by atoms with van der Waals surface area (Å²) >= 11 is 1.53. The number of hydrogen-bond acceptors (Lipinski definition) is 4. The number of carbonyl (C=O) groups excluding carboxylic acids is 1. The van der Waals surface area contributed by atoms with Crippen molar-refractivity contribution in [1.82, 2.24) is 9.88 Å². The molecule has 1 aliphatic rings. The van der Waals surface area contributed by atoms with Crippen LogP contribution in [0.2, 0.25) is 0 Å². The lowest BCUT2D eigenvalue weighted by Crippen LogP contribution is -2.32. The van der Waals surface area contributed by atoms with E-state index in [1.807, 2.05) is 17.3 Å². The van der Waals surface area contributed by atoms with Crippen LogP contribution in [-0.4, -0.2) is 35.9 Å². The van der Waals surface area contributed by atoms with Crippen molar-refractivity contribution in [3.05, 3.63) is 16.1 Å². The smallest absolute Gasteiger partial charge is 0.273 e. The maximum Gasteiger partial charge on any atom is 0.273 e. The van der Waals surface area contributed by atoms with Crippen LogP contribution in [0, 0.1) is 5.92 Å². The third-order valence-corrected chi connectivity index (χ3v) is 4.64. The van der Waals surface area contributed by atoms with Crippen molar-refractivity contribution in [2.75, 3.05) is 20.1 Å². The topological polar surface area (TPSA) is 59.2 Å². The Morgan fingerprint density at radius 1 is 1.45 bits per heavy atom. The van der Waals surface area contributed by atoms with Crippen molar-refractivity contribution < 1.29 is 4.79 Å². The predicted molar refractivity (Wildman–Crippen MR) is 85.7 cm³/mol. The molecule has 1 amide bonds. The van der Waals surface area contributed by atoms with Gasteiger partial charge in [-0.3, -0.25) is 4.79 Å². The first-order valence-corrected chi connectivity index (χ1v) is 7.98. The van der Waals surface area contributed by atoms with Gasteiger partial charge in [0.25, 0.3) is 5.91 Å². The van der Waals surface area contributed by atoms with Crippen LogP contribution >= 0.6 is 23.7 Å². The Bertz CT molecular complexity index is 418. The van der Waals surface area contributed by atoms with E-state index in [1.54, 1.807) is 0 Å². The highest BCUT2D eigenvalue weighted by atomic mass is 35.5. The first-order chi connectivity index (χ1) is 9.20. The number of aromatic nitrogens is 1. The van der Waals surface area contributed by atoms with E-state index >= 15 is 0 Å². The molecule has 1 saturated carbocycles. The lowest BCUT2D eigenvalue weighted by molar-refractivity contribution is 0.0755. The molecule has 0 aliphatic heterocycles. The first kappa shape index (κ1) is 17.4. The molecule has 114 valence electrons. The third-order valence-electron chi connectivity index (χ3n) is 3.73. The molecule has 1 aromatic heterocycles. The van der Waals surface area contributed by atoms with Gasteiger partial charge in [-0.05, 0) is 25.3 Å². The first-order valence-electron chi connectivity index (χ1n) is 7.10. The molecular formula is C14H24ClN3OS. The fourth-order valence-corrected chi connectivity index (χ4v) is 3.47. The SMILES string of the molecule is CN(CC1CCCCC1)C(=O)c1csc(CCN)n1.Cl. The van der Waals surface area contributed by atoms with Crippen molar-refractivity contribution in [3.8, 4) is 0 Å². The summed E-state index contributed by atoms with van der Waals surface area (Å²) in [5.74, 6) is 0.718. The van der Waals surface area contributed by atoms with Crippen molar-refractivity contribution in [3.63, 3.8) is 0 Å². The van der Waals surface area contributed by atoms with E-state index in [1.165, 1.54) is 43.4 Å². The molecular weight excluding hydrogens is 294 g/mol. The van der Waals surface area contributed by atoms with Crippen LogP contribution < -0.4 is 5.73 Å². The normalized spacial score (nSPS) is 15.7. The molecule has 1 aliphatic carbocycles. The van der Waals surface area contributed by atoms with E-state index in [2.05, 4.69) is 4.98 Å². The Morgan fingerprint density at radius 3 is 2.80 bits per heavy atom. The zero-order chi connectivity index (χ0) is 13.7. The van der Waals surface area contributed by atoms with E-state index < -0.39 is 0 Å². The number of halogens is 1. The summed E-state index contributed by atoms with van der Waals surface area (Å²) in [4.78, 5) is 18.5. The molecule has 2 N–H and O–H groups in total. The van der Waals surface area contributed by atoms with Crippen molar-refractivity contribution in [2.24, 2.45) is 11.7 Å². The predicted octanol–water partition coefficient (Wildman–Crippen LogP) is 2.72. The summed E-state index contributed by atoms with van der Waals surface area (Å²) < 4.78 is 0. The third kappa shape index (κ3) is 4.72. The highest BCUT2D eigenvalue weighted by molar-refractivity contribution is 7.09. The van der Waals surface area contributed by atoms with Gasteiger partial charge in [0.1, 0.15) is 5.69 Å². The number of carbonyl (C=O) groups is 1. The van der Waals surface area contributed by atoms with Crippen LogP contribution in [0.15, 0.2) is 5.38 Å². The standard InChI is InChI=1S/C14H23N3OS.ClH/c1-17(9-11-5-3-2-4-6-11)14(18)12-10-19-13(16-12)7-8-15;/h10-11H,2-9,15H2,1H3;1H. The van der Waals surface area contributed by atoms with Crippen LogP contribution in [0.5, 0.6) is 0 Å². The average Bonchev–Trinajstić information content (AvgIpc) is 2.88. The zero-order valence-electron chi connectivity index (χ0n) is 12.0. The summed E-state index contributed by atoms with van der Waals surface area (Å²) in [6.07, 6.45) is 7.24. The number of thiazole rings is 1. The Hall–Kier alpha value is -0.650. The number of nitrogens with two attached hydrogens (primary N) is 1. The van der Waals surface area contributed by atoms with Gasteiger partial charge in [0, 0.05) is 25.4 Å². The molecule has 4 nitrogen and oxygen atoms in total. The van der Waals surface area contributed by atoms with Crippen LogP contribution in [0.4, 0.5) is 0 Å². The van der Waals surface area contributed by atoms with Gasteiger partial charge in [-0.1, -0.05) is 19.3 Å². The molecule has 0 unspecified atom stereocenters. The van der Waals surface area contributed by atoms with Crippen LogP contribution in [0.3, 0.4) is 0 Å². The molecule has 0 bridgehead atoms. The van der Waals surface area contributed by atoms with Crippen molar-refractivity contribution in [1.29, 1.82) is 0 Å². The highest BCUT2D eigenvalue weighted by Gasteiger charge is 2.20. The summed E-state index contributed by atoms with van der Waals surface area (Å²) in [6.45, 7) is 1.45. The number of amides is 1. The van der Waals surface area contributed by atoms with Gasteiger partial charge >= 0.3 is 0 Å². The lowest BCUT2D eigenvalue weighted by Gasteiger charge is -2.26. The molecule has 0 radical (unpaired) electrons. The monoisotopic (exact) mass is 317 g/mol. The zero-order valence-corrected chi connectivity index (χ0v) is 13.6. The fourth-order valence-electron chi connectivity index (χ4n) is 2.68. The van der Waals surface area contributed by atoms with E-state index in [9.17, 15) is 4.79 Å². The summed E-state index contributed by atoms with van der Waals surface area (Å²) in [6, 6.07) is 0. The maximum absolute atomic E-state index is 12.3. The summed E-state index contributed by atoms with van der Waals surface area (Å²) in [7, 11) is 1.89. The molecule has 0 spiro atoms. The highest BCUT2D eigenvalue weighted by Crippen LogP contribution is 2.24. The number of hydrogen-bond donors (Lipinski definition) is 1. The van der Waals surface area contributed by atoms with E-state index in [-0.39, 0.29) is 18.3 Å². The van der Waals surface area contributed by atoms with Gasteiger partial charge < -0.3 is 10.6 Å². The number of rotatable bonds is 5. The minimum Gasteiger partial charge on any atom is -0.340 e. The Balaban J connectivity index is 0.00000200. The minimum absolute atomic E-state index is 0. The molecule has 20 heavy (non-hydrogen) atoms. The summed E-state index contributed by atoms with van der Waals surface area (Å²) in [5.41, 5.74) is 6.08. The second kappa shape index (κ2) is 8.60. The molecule has 1 heterocycles. The molecule has 2 rings (SSSR count). The van der Waals surface area contributed by atoms with E-state index in [4.69, 9.17) is 5.73 Å². The molecule has 1 aromatic rings. The quantitative estimate of drug-likeness (QED) is 0.908. The molecule has 0 saturated heterocycles. The Morgan fingerprint density at radius 2 is 2.15 bits per heavy atom. The van der Waals surface area contributed by atoms with Gasteiger partial charge in [-0.25, -0.2) is 4.98 Å². The summed E-state index contributed by atoms with van der Waals surface area (Å²) in [5, 5.41) is 2.81. The maximum atomic E-state index is 12.3. The fraction of sp³-hybridized carbons (Fsp3) is 0.714. The Kier molecular flexibility index (Phi) is 7.48. The van der Waals surface area contributed by atoms with Crippen LogP contribution in [0.25, 0.3) is 0 Å². The number of nitrogens with zero attached hydrogens (tertiary/aromatic N) is 2. The van der Waals surface area contributed by atoms with Gasteiger partial charge in [0.15, 0.2) is 0 Å². The van der Waals surface area contributed by atoms with Gasteiger partial charge in [-0.15, -0.1) is 23.7 Å². The van der Waals surface area contributed by atoms with Crippen molar-refractivity contribution >= 4 is 29.7 Å². The largest absolute Gasteiger partial charge is 0.340 e. The lowest BCUT2D eigenvalue weighted by atomic mass is 9.89. The van der Waals surface area contributed by atoms with E-state index in [0.29, 0.717) is 18.2 Å². The van der Waals surface area contributed by atoms with E-state index in [0.717, 1.165) is 18.0 Å². The van der Waals surface area contributed by atoms with Gasteiger partial charge in [-0.2, -0.15) is 0 Å². The van der Waals surface area contributed by atoms with Crippen LogP contribution in [0.1, 0.15) is 47.6 Å². The molecule has 1 fully saturated rings. The van der Waals surface area contributed by atoms with Gasteiger partial charge in [0.05, 0.1) is 5.01 Å². The molecule has 0 atom stereocenters. The van der Waals surface area contributed by atoms with Crippen molar-refractivity contribution in [2.45, 2.75) is 38.5 Å². The Labute approximate surface area is 131 Å². The second-order valence-corrected chi connectivity index (χ2v) is 6.30.